The zero-order valence-corrected chi connectivity index (χ0v) is 15.6. The summed E-state index contributed by atoms with van der Waals surface area (Å²) in [5.74, 6) is 0.557. The molecule has 0 unspecified atom stereocenters. The average molecular weight is 363 g/mol. The summed E-state index contributed by atoms with van der Waals surface area (Å²) in [6.07, 6.45) is 11.0. The minimum Gasteiger partial charge on any atom is -0.217 e. The minimum absolute atomic E-state index is 0.278. The molecule has 0 amide bonds. The first kappa shape index (κ1) is 20.6. The van der Waals surface area contributed by atoms with E-state index in [9.17, 15) is 16.8 Å². The molecule has 0 saturated heterocycles. The molecular formula is C12H26O4S4. The summed E-state index contributed by atoms with van der Waals surface area (Å²) in [5, 5.41) is 0. The zero-order chi connectivity index (χ0) is 15.5. The minimum atomic E-state index is -2.88. The lowest BCUT2D eigenvalue weighted by Crippen LogP contribution is -2.00. The molecule has 0 fully saturated rings. The van der Waals surface area contributed by atoms with Crippen LogP contribution in [-0.2, 0) is 17.7 Å². The third-order valence-corrected chi connectivity index (χ3v) is 9.69. The molecule has 0 aliphatic heterocycles. The third-order valence-electron chi connectivity index (χ3n) is 3.05. The second kappa shape index (κ2) is 11.2. The molecule has 0 aliphatic rings. The van der Waals surface area contributed by atoms with Crippen molar-refractivity contribution in [2.75, 3.05) is 24.0 Å². The van der Waals surface area contributed by atoms with E-state index in [4.69, 9.17) is 0 Å². The van der Waals surface area contributed by atoms with Crippen molar-refractivity contribution in [2.24, 2.45) is 0 Å². The maximum atomic E-state index is 11.2. The molecule has 4 nitrogen and oxygen atoms in total. The van der Waals surface area contributed by atoms with Crippen molar-refractivity contribution >= 4 is 39.3 Å². The van der Waals surface area contributed by atoms with Gasteiger partial charge in [0, 0.05) is 0 Å². The Bertz CT molecular complexity index is 386. The standard InChI is InChI=1S/C12H26O4S4/c1-17-19(13,14)11-9-7-5-3-4-6-8-10-12-20(15,16)18-2/h3-12H2,1-2H3. The molecule has 0 saturated carbocycles. The Morgan fingerprint density at radius 3 is 1.05 bits per heavy atom. The first-order valence-electron chi connectivity index (χ1n) is 6.89. The smallest absolute Gasteiger partial charge is 0.201 e. The van der Waals surface area contributed by atoms with Gasteiger partial charge in [-0.3, -0.25) is 0 Å². The molecule has 0 heterocycles. The number of hydrogen-bond acceptors (Lipinski definition) is 6. The van der Waals surface area contributed by atoms with E-state index in [-0.39, 0.29) is 11.5 Å². The summed E-state index contributed by atoms with van der Waals surface area (Å²) in [4.78, 5) is 0. The van der Waals surface area contributed by atoms with Crippen molar-refractivity contribution in [2.45, 2.75) is 51.4 Å². The van der Waals surface area contributed by atoms with Crippen LogP contribution >= 0.6 is 21.6 Å². The van der Waals surface area contributed by atoms with E-state index in [0.717, 1.165) is 73.0 Å². The fourth-order valence-electron chi connectivity index (χ4n) is 1.79. The van der Waals surface area contributed by atoms with Gasteiger partial charge in [-0.1, -0.05) is 38.5 Å². The molecule has 0 aromatic heterocycles. The van der Waals surface area contributed by atoms with Gasteiger partial charge in [0.25, 0.3) is 0 Å². The first-order valence-corrected chi connectivity index (χ1v) is 13.7. The van der Waals surface area contributed by atoms with Crippen molar-refractivity contribution in [1.82, 2.24) is 0 Å². The molecular weight excluding hydrogens is 336 g/mol. The Morgan fingerprint density at radius 2 is 0.800 bits per heavy atom. The highest BCUT2D eigenvalue weighted by Gasteiger charge is 2.08. The molecule has 0 aromatic rings. The SMILES string of the molecule is CSS(=O)(=O)CCCCCCCCCCS(=O)(=O)SC. The fraction of sp³-hybridized carbons (Fsp3) is 1.00. The highest BCUT2D eigenvalue weighted by molar-refractivity contribution is 8.72. The molecule has 0 atom stereocenters. The van der Waals surface area contributed by atoms with E-state index in [1.165, 1.54) is 0 Å². The lowest BCUT2D eigenvalue weighted by molar-refractivity contribution is 0.573. The van der Waals surface area contributed by atoms with Crippen LogP contribution in [0.2, 0.25) is 0 Å². The first-order chi connectivity index (χ1) is 9.33. The highest BCUT2D eigenvalue weighted by atomic mass is 33.1. The van der Waals surface area contributed by atoms with Crippen LogP contribution in [-0.4, -0.2) is 40.9 Å². The van der Waals surface area contributed by atoms with Gasteiger partial charge in [0.05, 0.1) is 11.5 Å². The predicted octanol–water partition coefficient (Wildman–Crippen LogP) is 3.49. The quantitative estimate of drug-likeness (QED) is 0.369. The summed E-state index contributed by atoms with van der Waals surface area (Å²) in [6, 6.07) is 0. The Hall–Kier alpha value is 0.600. The summed E-state index contributed by atoms with van der Waals surface area (Å²) in [5.41, 5.74) is 0. The molecule has 8 heteroatoms. The van der Waals surface area contributed by atoms with Gasteiger partial charge < -0.3 is 0 Å². The van der Waals surface area contributed by atoms with Crippen LogP contribution in [0, 0.1) is 0 Å². The third kappa shape index (κ3) is 12.3. The van der Waals surface area contributed by atoms with Crippen molar-refractivity contribution in [3.8, 4) is 0 Å². The van der Waals surface area contributed by atoms with Crippen LogP contribution in [0.5, 0.6) is 0 Å². The maximum absolute atomic E-state index is 11.2. The highest BCUT2D eigenvalue weighted by Crippen LogP contribution is 2.15. The van der Waals surface area contributed by atoms with Crippen molar-refractivity contribution < 1.29 is 16.8 Å². The van der Waals surface area contributed by atoms with Gasteiger partial charge in [0.2, 0.25) is 17.7 Å². The molecule has 0 radical (unpaired) electrons. The molecule has 0 N–H and O–H groups in total. The lowest BCUT2D eigenvalue weighted by atomic mass is 10.1. The Morgan fingerprint density at radius 1 is 0.550 bits per heavy atom. The second-order valence-corrected chi connectivity index (χ2v) is 13.4. The molecule has 0 aliphatic carbocycles. The number of unbranched alkanes of at least 4 members (excludes halogenated alkanes) is 7. The summed E-state index contributed by atoms with van der Waals surface area (Å²) >= 11 is 0. The monoisotopic (exact) mass is 362 g/mol. The van der Waals surface area contributed by atoms with Crippen LogP contribution in [0.15, 0.2) is 0 Å². The van der Waals surface area contributed by atoms with E-state index in [1.807, 2.05) is 0 Å². The molecule has 0 bridgehead atoms. The molecule has 0 rings (SSSR count). The van der Waals surface area contributed by atoms with Crippen molar-refractivity contribution in [3.05, 3.63) is 0 Å². The summed E-state index contributed by atoms with van der Waals surface area (Å²) < 4.78 is 44.9. The Labute approximate surface area is 131 Å². The Kier molecular flexibility index (Phi) is 11.5. The molecule has 0 aromatic carbocycles. The molecule has 0 spiro atoms. The van der Waals surface area contributed by atoms with Gasteiger partial charge in [-0.2, -0.15) is 0 Å². The van der Waals surface area contributed by atoms with Crippen LogP contribution < -0.4 is 0 Å². The van der Waals surface area contributed by atoms with Crippen LogP contribution in [0.25, 0.3) is 0 Å². The van der Waals surface area contributed by atoms with Crippen LogP contribution in [0.3, 0.4) is 0 Å². The van der Waals surface area contributed by atoms with Crippen LogP contribution in [0.4, 0.5) is 0 Å². The van der Waals surface area contributed by atoms with Crippen molar-refractivity contribution in [3.63, 3.8) is 0 Å². The van der Waals surface area contributed by atoms with E-state index in [2.05, 4.69) is 0 Å². The van der Waals surface area contributed by atoms with Gasteiger partial charge in [-0.15, -0.1) is 0 Å². The van der Waals surface area contributed by atoms with Gasteiger partial charge in [0.15, 0.2) is 0 Å². The van der Waals surface area contributed by atoms with E-state index >= 15 is 0 Å². The molecule has 122 valence electrons. The van der Waals surface area contributed by atoms with E-state index in [0.29, 0.717) is 0 Å². The topological polar surface area (TPSA) is 68.3 Å². The van der Waals surface area contributed by atoms with Gasteiger partial charge in [0.1, 0.15) is 0 Å². The van der Waals surface area contributed by atoms with Crippen molar-refractivity contribution in [1.29, 1.82) is 0 Å². The summed E-state index contributed by atoms with van der Waals surface area (Å²) in [7, 11) is -3.91. The van der Waals surface area contributed by atoms with E-state index in [1.54, 1.807) is 12.5 Å². The zero-order valence-electron chi connectivity index (χ0n) is 12.3. The normalized spacial score (nSPS) is 12.7. The second-order valence-electron chi connectivity index (χ2n) is 4.69. The fourth-order valence-corrected chi connectivity index (χ4v) is 4.94. The average Bonchev–Trinajstić information content (AvgIpc) is 2.41. The number of rotatable bonds is 13. The number of hydrogen-bond donors (Lipinski definition) is 0. The maximum Gasteiger partial charge on any atom is 0.201 e. The van der Waals surface area contributed by atoms with Gasteiger partial charge >= 0.3 is 0 Å². The van der Waals surface area contributed by atoms with Gasteiger partial charge in [-0.25, -0.2) is 16.8 Å². The molecule has 20 heavy (non-hydrogen) atoms. The Balaban J connectivity index is 3.34. The van der Waals surface area contributed by atoms with Gasteiger partial charge in [-0.05, 0) is 46.9 Å². The predicted molar refractivity (Wildman–Crippen MR) is 91.5 cm³/mol. The lowest BCUT2D eigenvalue weighted by Gasteiger charge is -2.03. The van der Waals surface area contributed by atoms with E-state index < -0.39 is 17.7 Å². The summed E-state index contributed by atoms with van der Waals surface area (Å²) in [6.45, 7) is 0. The largest absolute Gasteiger partial charge is 0.217 e. The van der Waals surface area contributed by atoms with Crippen LogP contribution in [0.1, 0.15) is 51.4 Å².